The zero-order valence-electron chi connectivity index (χ0n) is 27.7. The van der Waals surface area contributed by atoms with Crippen LogP contribution in [-0.2, 0) is 9.47 Å². The van der Waals surface area contributed by atoms with Gasteiger partial charge in [-0.2, -0.15) is 0 Å². The number of rotatable bonds is 3. The zero-order valence-corrected chi connectivity index (χ0v) is 28.5. The number of nitrogens with one attached hydrogen (secondary N) is 1. The van der Waals surface area contributed by atoms with Crippen molar-refractivity contribution in [3.8, 4) is 0 Å². The predicted octanol–water partition coefficient (Wildman–Crippen LogP) is 10.2. The highest BCUT2D eigenvalue weighted by atomic mass is 32.1. The molecule has 232 valence electrons. The molecule has 0 amide bonds. The monoisotopic (exact) mass is 591 g/mol. The largest absolute Gasteiger partial charge is 0.467 e. The molecule has 0 unspecified atom stereocenters. The number of hydrogen-bond acceptors (Lipinski definition) is 3. The SMILES string of the molecule is CO[C@H]1CC[C@@]2(C)[C@@H](CC[C@@]3(C)CC4=CC[C@H]5C(C)(C)[C@H](OC(=S)Nc6ccccc6)CC[C@]5(C)[C@H]4CC[C@@H]32)C1(C)C. The molecule has 6 rings (SSSR count). The van der Waals surface area contributed by atoms with E-state index in [-0.39, 0.29) is 16.9 Å². The third-order valence-corrected chi connectivity index (χ3v) is 14.5. The van der Waals surface area contributed by atoms with Crippen molar-refractivity contribution in [3.05, 3.63) is 42.0 Å². The maximum absolute atomic E-state index is 6.56. The van der Waals surface area contributed by atoms with Gasteiger partial charge in [-0.05, 0) is 134 Å². The molecular weight excluding hydrogens is 534 g/mol. The third kappa shape index (κ3) is 4.72. The first-order valence-electron chi connectivity index (χ1n) is 17.0. The summed E-state index contributed by atoms with van der Waals surface area (Å²) in [6, 6.07) is 10.2. The first-order valence-corrected chi connectivity index (χ1v) is 17.4. The summed E-state index contributed by atoms with van der Waals surface area (Å²) in [4.78, 5) is 0. The second-order valence-corrected chi connectivity index (χ2v) is 17.4. The molecule has 0 aromatic heterocycles. The van der Waals surface area contributed by atoms with Gasteiger partial charge in [0.05, 0.1) is 6.10 Å². The molecule has 1 aromatic rings. The number of para-hydroxylation sites is 1. The molecule has 0 saturated heterocycles. The van der Waals surface area contributed by atoms with Crippen molar-refractivity contribution in [2.24, 2.45) is 50.7 Å². The Balaban J connectivity index is 1.23. The smallest absolute Gasteiger partial charge is 0.261 e. The number of benzene rings is 1. The van der Waals surface area contributed by atoms with Crippen LogP contribution in [0.15, 0.2) is 42.0 Å². The van der Waals surface area contributed by atoms with Crippen molar-refractivity contribution in [2.45, 2.75) is 125 Å². The lowest BCUT2D eigenvalue weighted by Gasteiger charge is -2.64. The van der Waals surface area contributed by atoms with Crippen molar-refractivity contribution >= 4 is 23.1 Å². The summed E-state index contributed by atoms with van der Waals surface area (Å²) in [6.45, 7) is 18.0. The van der Waals surface area contributed by atoms with Crippen molar-refractivity contribution in [1.29, 1.82) is 0 Å². The summed E-state index contributed by atoms with van der Waals surface area (Å²) in [5, 5.41) is 3.83. The number of anilines is 1. The quantitative estimate of drug-likeness (QED) is 0.280. The molecule has 3 nitrogen and oxygen atoms in total. The van der Waals surface area contributed by atoms with E-state index in [1.54, 1.807) is 0 Å². The van der Waals surface area contributed by atoms with E-state index in [0.717, 1.165) is 23.9 Å². The molecule has 4 fully saturated rings. The Morgan fingerprint density at radius 3 is 2.14 bits per heavy atom. The van der Waals surface area contributed by atoms with Crippen molar-refractivity contribution in [1.82, 2.24) is 0 Å². The number of hydrogen-bond donors (Lipinski definition) is 1. The van der Waals surface area contributed by atoms with Crippen LogP contribution in [0.4, 0.5) is 5.69 Å². The average Bonchev–Trinajstić information content (AvgIpc) is 3.08. The second kappa shape index (κ2) is 10.6. The summed E-state index contributed by atoms with van der Waals surface area (Å²) in [5.74, 6) is 2.84. The van der Waals surface area contributed by atoms with Gasteiger partial charge in [0.25, 0.3) is 5.17 Å². The van der Waals surface area contributed by atoms with Gasteiger partial charge < -0.3 is 14.8 Å². The van der Waals surface area contributed by atoms with Crippen LogP contribution in [-0.4, -0.2) is 24.5 Å². The van der Waals surface area contributed by atoms with Gasteiger partial charge in [-0.15, -0.1) is 0 Å². The minimum absolute atomic E-state index is 0.0556. The van der Waals surface area contributed by atoms with Gasteiger partial charge in [-0.3, -0.25) is 0 Å². The minimum atomic E-state index is 0.0556. The summed E-state index contributed by atoms with van der Waals surface area (Å²) in [7, 11) is 1.94. The van der Waals surface area contributed by atoms with E-state index in [2.05, 4.69) is 59.9 Å². The highest BCUT2D eigenvalue weighted by molar-refractivity contribution is 7.80. The van der Waals surface area contributed by atoms with Gasteiger partial charge in [-0.1, -0.05) is 78.3 Å². The molecule has 9 atom stereocenters. The normalized spacial score (nSPS) is 43.8. The van der Waals surface area contributed by atoms with E-state index in [9.17, 15) is 0 Å². The Labute approximate surface area is 262 Å². The van der Waals surface area contributed by atoms with Gasteiger partial charge >= 0.3 is 0 Å². The van der Waals surface area contributed by atoms with E-state index in [1.165, 1.54) is 57.8 Å². The van der Waals surface area contributed by atoms with Gasteiger partial charge in [-0.25, -0.2) is 0 Å². The first-order chi connectivity index (χ1) is 19.8. The average molecular weight is 592 g/mol. The Bertz CT molecular complexity index is 1210. The van der Waals surface area contributed by atoms with Gasteiger partial charge in [0.2, 0.25) is 0 Å². The lowest BCUT2D eigenvalue weighted by Crippen LogP contribution is -2.58. The molecule has 42 heavy (non-hydrogen) atoms. The summed E-state index contributed by atoms with van der Waals surface area (Å²) >= 11 is 5.71. The molecule has 0 heterocycles. The van der Waals surface area contributed by atoms with E-state index < -0.39 is 0 Å². The van der Waals surface area contributed by atoms with Crippen LogP contribution in [0.1, 0.15) is 113 Å². The van der Waals surface area contributed by atoms with Crippen LogP contribution in [0, 0.1) is 50.7 Å². The highest BCUT2D eigenvalue weighted by Crippen LogP contribution is 2.70. The second-order valence-electron chi connectivity index (χ2n) is 17.0. The number of allylic oxidation sites excluding steroid dienone is 2. The number of ether oxygens (including phenoxy) is 2. The fourth-order valence-electron chi connectivity index (χ4n) is 12.3. The standard InChI is InChI=1S/C38H57NO2S/c1-34(2)29-18-21-36(5)24-25-14-16-28-35(3,4)32(41-33(42)39-26-12-10-9-11-13-26)20-22-37(28,6)27(25)15-17-30(36)38(29,7)23-19-31(34)40-8/h9-14,27-32H,15-24H2,1-8H3,(H,39,42)/t27-,28-,29-,30-,31-,32+,36-,37+,38-/m0/s1. The number of thiocarbonyl (C=S) groups is 1. The Hall–Kier alpha value is -1.39. The van der Waals surface area contributed by atoms with E-state index in [4.69, 9.17) is 21.7 Å². The van der Waals surface area contributed by atoms with Crippen molar-refractivity contribution in [2.75, 3.05) is 12.4 Å². The molecule has 1 aromatic carbocycles. The van der Waals surface area contributed by atoms with Gasteiger partial charge in [0.1, 0.15) is 6.10 Å². The number of fused-ring (bicyclic) bond motifs is 6. The molecule has 0 bridgehead atoms. The summed E-state index contributed by atoms with van der Waals surface area (Å²) < 4.78 is 12.6. The van der Waals surface area contributed by atoms with Gasteiger partial charge in [0, 0.05) is 18.2 Å². The van der Waals surface area contributed by atoms with Crippen LogP contribution < -0.4 is 5.32 Å². The number of methoxy groups -OCH3 is 1. The van der Waals surface area contributed by atoms with Crippen LogP contribution in [0.3, 0.4) is 0 Å². The minimum Gasteiger partial charge on any atom is -0.467 e. The van der Waals surface area contributed by atoms with E-state index in [1.807, 2.05) is 43.0 Å². The van der Waals surface area contributed by atoms with E-state index >= 15 is 0 Å². The van der Waals surface area contributed by atoms with E-state index in [0.29, 0.717) is 39.4 Å². The fraction of sp³-hybridized carbons (Fsp3) is 0.763. The first kappa shape index (κ1) is 30.6. The Morgan fingerprint density at radius 2 is 1.43 bits per heavy atom. The molecule has 0 aliphatic heterocycles. The third-order valence-electron chi connectivity index (χ3n) is 14.3. The summed E-state index contributed by atoms with van der Waals surface area (Å²) in [6.07, 6.45) is 16.0. The van der Waals surface area contributed by atoms with Crippen molar-refractivity contribution < 1.29 is 9.47 Å². The molecule has 4 heteroatoms. The molecule has 0 spiro atoms. The van der Waals surface area contributed by atoms with Crippen molar-refractivity contribution in [3.63, 3.8) is 0 Å². The molecule has 5 aliphatic rings. The fourth-order valence-corrected chi connectivity index (χ4v) is 12.6. The van der Waals surface area contributed by atoms with Crippen LogP contribution in [0.25, 0.3) is 0 Å². The van der Waals surface area contributed by atoms with Crippen LogP contribution >= 0.6 is 12.2 Å². The molecule has 0 radical (unpaired) electrons. The Morgan fingerprint density at radius 1 is 0.762 bits per heavy atom. The topological polar surface area (TPSA) is 30.5 Å². The molecule has 4 saturated carbocycles. The lowest BCUT2D eigenvalue weighted by molar-refractivity contribution is -0.177. The zero-order chi connectivity index (χ0) is 30.1. The lowest BCUT2D eigenvalue weighted by atomic mass is 9.42. The molecule has 1 N–H and O–H groups in total. The maximum atomic E-state index is 6.56. The van der Waals surface area contributed by atoms with Crippen LogP contribution in [0.2, 0.25) is 0 Å². The summed E-state index contributed by atoms with van der Waals surface area (Å²) in [5.41, 5.74) is 4.25. The van der Waals surface area contributed by atoms with Crippen LogP contribution in [0.5, 0.6) is 0 Å². The van der Waals surface area contributed by atoms with Gasteiger partial charge in [0.15, 0.2) is 0 Å². The molecular formula is C38H57NO2S. The Kier molecular flexibility index (Phi) is 7.74. The highest BCUT2D eigenvalue weighted by Gasteiger charge is 2.63. The molecule has 5 aliphatic carbocycles. The maximum Gasteiger partial charge on any atom is 0.261 e. The predicted molar refractivity (Wildman–Crippen MR) is 178 cm³/mol.